The molecule has 0 spiro atoms. The number of nitrogen functional groups attached to an aromatic ring is 1. The summed E-state index contributed by atoms with van der Waals surface area (Å²) in [7, 11) is 0. The van der Waals surface area contributed by atoms with Crippen molar-refractivity contribution in [1.82, 2.24) is 4.98 Å². The van der Waals surface area contributed by atoms with Gasteiger partial charge in [-0.15, -0.1) is 0 Å². The molecule has 0 saturated heterocycles. The summed E-state index contributed by atoms with van der Waals surface area (Å²) in [6.45, 7) is 0. The summed E-state index contributed by atoms with van der Waals surface area (Å²) in [5.74, 6) is -0.00124. The van der Waals surface area contributed by atoms with Crippen molar-refractivity contribution in [2.24, 2.45) is 5.73 Å². The summed E-state index contributed by atoms with van der Waals surface area (Å²) in [6.07, 6.45) is 1.70. The van der Waals surface area contributed by atoms with Crippen LogP contribution in [0.25, 0.3) is 22.3 Å². The highest BCUT2D eigenvalue weighted by atomic mass is 35.5. The van der Waals surface area contributed by atoms with Crippen molar-refractivity contribution in [2.75, 3.05) is 5.73 Å². The Kier molecular flexibility index (Phi) is 4.00. The summed E-state index contributed by atoms with van der Waals surface area (Å²) in [6, 6.07) is 16.4. The van der Waals surface area contributed by atoms with E-state index in [1.54, 1.807) is 18.3 Å². The van der Waals surface area contributed by atoms with Crippen molar-refractivity contribution in [3.05, 3.63) is 71.4 Å². The summed E-state index contributed by atoms with van der Waals surface area (Å²) in [5, 5.41) is 0.665. The second-order valence-electron chi connectivity index (χ2n) is 5.11. The number of primary amides is 1. The monoisotopic (exact) mass is 323 g/mol. The molecule has 0 fully saturated rings. The molecule has 1 aromatic heterocycles. The summed E-state index contributed by atoms with van der Waals surface area (Å²) >= 11 is 5.92. The Labute approximate surface area is 138 Å². The van der Waals surface area contributed by atoms with E-state index in [0.717, 1.165) is 22.3 Å². The van der Waals surface area contributed by atoms with Crippen LogP contribution in [0, 0.1) is 0 Å². The standard InChI is InChI=1S/C18H14ClN3O/c19-15-7-5-12(6-8-15)16-9-14(10-22-17(16)20)11-1-3-13(4-2-11)18(21)23/h1-10H,(H2,20,22)(H2,21,23). The highest BCUT2D eigenvalue weighted by Gasteiger charge is 2.08. The lowest BCUT2D eigenvalue weighted by Crippen LogP contribution is -2.10. The van der Waals surface area contributed by atoms with Gasteiger partial charge in [-0.25, -0.2) is 4.98 Å². The van der Waals surface area contributed by atoms with Gasteiger partial charge in [0.15, 0.2) is 0 Å². The zero-order valence-electron chi connectivity index (χ0n) is 12.2. The number of carbonyl (C=O) groups excluding carboxylic acids is 1. The Bertz CT molecular complexity index is 858. The molecule has 0 aliphatic rings. The third kappa shape index (κ3) is 3.17. The van der Waals surface area contributed by atoms with E-state index >= 15 is 0 Å². The first-order valence-electron chi connectivity index (χ1n) is 6.96. The summed E-state index contributed by atoms with van der Waals surface area (Å²) in [4.78, 5) is 15.4. The van der Waals surface area contributed by atoms with Crippen LogP contribution in [-0.4, -0.2) is 10.9 Å². The number of pyridine rings is 1. The lowest BCUT2D eigenvalue weighted by molar-refractivity contribution is 0.100. The molecule has 0 radical (unpaired) electrons. The van der Waals surface area contributed by atoms with E-state index < -0.39 is 5.91 Å². The minimum atomic E-state index is -0.450. The molecule has 3 aromatic rings. The number of nitrogens with two attached hydrogens (primary N) is 2. The van der Waals surface area contributed by atoms with Gasteiger partial charge in [-0.1, -0.05) is 35.9 Å². The van der Waals surface area contributed by atoms with E-state index in [9.17, 15) is 4.79 Å². The van der Waals surface area contributed by atoms with Gasteiger partial charge in [0, 0.05) is 27.9 Å². The van der Waals surface area contributed by atoms with Crippen LogP contribution < -0.4 is 11.5 Å². The van der Waals surface area contributed by atoms with Gasteiger partial charge in [-0.05, 0) is 41.5 Å². The number of benzene rings is 2. The highest BCUT2D eigenvalue weighted by molar-refractivity contribution is 6.30. The Balaban J connectivity index is 2.03. The Morgan fingerprint density at radius 1 is 0.913 bits per heavy atom. The number of hydrogen-bond acceptors (Lipinski definition) is 3. The van der Waals surface area contributed by atoms with Crippen LogP contribution in [0.3, 0.4) is 0 Å². The fourth-order valence-corrected chi connectivity index (χ4v) is 2.45. The Hall–Kier alpha value is -2.85. The van der Waals surface area contributed by atoms with Crippen LogP contribution in [0.2, 0.25) is 5.02 Å². The number of anilines is 1. The van der Waals surface area contributed by atoms with Gasteiger partial charge in [-0.2, -0.15) is 0 Å². The fraction of sp³-hybridized carbons (Fsp3) is 0. The molecule has 0 aliphatic carbocycles. The normalized spacial score (nSPS) is 10.5. The first-order valence-corrected chi connectivity index (χ1v) is 7.34. The molecule has 23 heavy (non-hydrogen) atoms. The van der Waals surface area contributed by atoms with Crippen molar-refractivity contribution in [3.8, 4) is 22.3 Å². The molecule has 0 aliphatic heterocycles. The molecule has 4 nitrogen and oxygen atoms in total. The number of halogens is 1. The maximum absolute atomic E-state index is 11.1. The minimum absolute atomic E-state index is 0.449. The molecule has 1 heterocycles. The van der Waals surface area contributed by atoms with Gasteiger partial charge >= 0.3 is 0 Å². The first kappa shape index (κ1) is 15.1. The molecule has 0 atom stereocenters. The zero-order valence-corrected chi connectivity index (χ0v) is 12.9. The van der Waals surface area contributed by atoms with Gasteiger partial charge in [0.05, 0.1) is 0 Å². The zero-order chi connectivity index (χ0) is 16.4. The van der Waals surface area contributed by atoms with E-state index in [-0.39, 0.29) is 0 Å². The molecule has 0 saturated carbocycles. The number of rotatable bonds is 3. The molecule has 114 valence electrons. The van der Waals surface area contributed by atoms with Gasteiger partial charge in [0.2, 0.25) is 5.91 Å². The number of nitrogens with zero attached hydrogens (tertiary/aromatic N) is 1. The lowest BCUT2D eigenvalue weighted by Gasteiger charge is -2.09. The molecular weight excluding hydrogens is 310 g/mol. The maximum Gasteiger partial charge on any atom is 0.248 e. The molecule has 4 N–H and O–H groups in total. The average Bonchev–Trinajstić information content (AvgIpc) is 2.56. The van der Waals surface area contributed by atoms with Crippen LogP contribution in [-0.2, 0) is 0 Å². The van der Waals surface area contributed by atoms with E-state index in [0.29, 0.717) is 16.4 Å². The average molecular weight is 324 g/mol. The van der Waals surface area contributed by atoms with Gasteiger partial charge in [-0.3, -0.25) is 4.79 Å². The summed E-state index contributed by atoms with van der Waals surface area (Å²) in [5.41, 5.74) is 15.3. The summed E-state index contributed by atoms with van der Waals surface area (Å²) < 4.78 is 0. The first-order chi connectivity index (χ1) is 11.0. The van der Waals surface area contributed by atoms with Crippen molar-refractivity contribution in [2.45, 2.75) is 0 Å². The lowest BCUT2D eigenvalue weighted by atomic mass is 10.0. The SMILES string of the molecule is NC(=O)c1ccc(-c2cnc(N)c(-c3ccc(Cl)cc3)c2)cc1. The number of amides is 1. The van der Waals surface area contributed by atoms with Crippen molar-refractivity contribution in [1.29, 1.82) is 0 Å². The minimum Gasteiger partial charge on any atom is -0.383 e. The van der Waals surface area contributed by atoms with E-state index in [1.165, 1.54) is 0 Å². The van der Waals surface area contributed by atoms with Crippen LogP contribution in [0.1, 0.15) is 10.4 Å². The number of aromatic nitrogens is 1. The third-order valence-corrected chi connectivity index (χ3v) is 3.83. The van der Waals surface area contributed by atoms with Crippen molar-refractivity contribution in [3.63, 3.8) is 0 Å². The van der Waals surface area contributed by atoms with Crippen LogP contribution in [0.5, 0.6) is 0 Å². The van der Waals surface area contributed by atoms with Gasteiger partial charge in [0.1, 0.15) is 5.82 Å². The Morgan fingerprint density at radius 2 is 1.52 bits per heavy atom. The van der Waals surface area contributed by atoms with Crippen LogP contribution in [0.4, 0.5) is 5.82 Å². The molecule has 0 unspecified atom stereocenters. The highest BCUT2D eigenvalue weighted by Crippen LogP contribution is 2.30. The molecule has 2 aromatic carbocycles. The fourth-order valence-electron chi connectivity index (χ4n) is 2.32. The smallest absolute Gasteiger partial charge is 0.248 e. The molecular formula is C18H14ClN3O. The second-order valence-corrected chi connectivity index (χ2v) is 5.54. The predicted octanol–water partition coefficient (Wildman–Crippen LogP) is 3.75. The molecule has 0 bridgehead atoms. The van der Waals surface area contributed by atoms with E-state index in [1.807, 2.05) is 42.5 Å². The van der Waals surface area contributed by atoms with Crippen LogP contribution in [0.15, 0.2) is 60.8 Å². The van der Waals surface area contributed by atoms with Crippen molar-refractivity contribution < 1.29 is 4.79 Å². The van der Waals surface area contributed by atoms with Gasteiger partial charge in [0.25, 0.3) is 0 Å². The van der Waals surface area contributed by atoms with Crippen molar-refractivity contribution >= 4 is 23.3 Å². The maximum atomic E-state index is 11.1. The van der Waals surface area contributed by atoms with Crippen LogP contribution >= 0.6 is 11.6 Å². The number of carbonyl (C=O) groups is 1. The topological polar surface area (TPSA) is 82.0 Å². The number of hydrogen-bond donors (Lipinski definition) is 2. The quantitative estimate of drug-likeness (QED) is 0.770. The largest absolute Gasteiger partial charge is 0.383 e. The van der Waals surface area contributed by atoms with Gasteiger partial charge < -0.3 is 11.5 Å². The molecule has 5 heteroatoms. The third-order valence-electron chi connectivity index (χ3n) is 3.58. The predicted molar refractivity (Wildman–Crippen MR) is 93.0 cm³/mol. The molecule has 3 rings (SSSR count). The molecule has 1 amide bonds. The second kappa shape index (κ2) is 6.10. The van der Waals surface area contributed by atoms with E-state index in [4.69, 9.17) is 23.1 Å². The Morgan fingerprint density at radius 3 is 2.13 bits per heavy atom. The van der Waals surface area contributed by atoms with E-state index in [2.05, 4.69) is 4.98 Å².